The normalized spacial score (nSPS) is 12.7. The molecule has 3 nitrogen and oxygen atoms in total. The van der Waals surface area contributed by atoms with Crippen LogP contribution in [0.15, 0.2) is 28.8 Å². The molecule has 2 rings (SSSR count). The first-order valence-corrected chi connectivity index (χ1v) is 5.98. The molecule has 0 fully saturated rings. The standard InChI is InChI=1S/C14H17FN2O/c1-9(14-10(2)17-18-11(14)3)16-8-12-4-6-13(15)7-5-12/h4-7,9,16H,8H2,1-3H3. The third-order valence-corrected chi connectivity index (χ3v) is 3.05. The van der Waals surface area contributed by atoms with E-state index in [2.05, 4.69) is 17.4 Å². The summed E-state index contributed by atoms with van der Waals surface area (Å²) in [6, 6.07) is 6.65. The molecule has 1 aromatic carbocycles. The molecule has 0 amide bonds. The van der Waals surface area contributed by atoms with Gasteiger partial charge in [-0.1, -0.05) is 17.3 Å². The van der Waals surface area contributed by atoms with Gasteiger partial charge in [-0.2, -0.15) is 0 Å². The Balaban J connectivity index is 2.00. The van der Waals surface area contributed by atoms with Crippen LogP contribution in [-0.2, 0) is 6.54 Å². The Morgan fingerprint density at radius 1 is 1.28 bits per heavy atom. The highest BCUT2D eigenvalue weighted by molar-refractivity contribution is 5.25. The van der Waals surface area contributed by atoms with Gasteiger partial charge in [0.2, 0.25) is 0 Å². The Labute approximate surface area is 106 Å². The number of rotatable bonds is 4. The van der Waals surface area contributed by atoms with Gasteiger partial charge in [0.05, 0.1) is 5.69 Å². The summed E-state index contributed by atoms with van der Waals surface area (Å²) in [5.41, 5.74) is 3.05. The molecule has 0 aliphatic carbocycles. The second-order valence-electron chi connectivity index (χ2n) is 4.47. The Bertz CT molecular complexity index is 500. The van der Waals surface area contributed by atoms with Crippen molar-refractivity contribution in [1.29, 1.82) is 0 Å². The van der Waals surface area contributed by atoms with Gasteiger partial charge < -0.3 is 9.84 Å². The molecule has 0 spiro atoms. The Kier molecular flexibility index (Phi) is 3.77. The lowest BCUT2D eigenvalue weighted by atomic mass is 10.1. The lowest BCUT2D eigenvalue weighted by Crippen LogP contribution is -2.19. The predicted octanol–water partition coefficient (Wildman–Crippen LogP) is 3.28. The largest absolute Gasteiger partial charge is 0.361 e. The minimum Gasteiger partial charge on any atom is -0.361 e. The van der Waals surface area contributed by atoms with Gasteiger partial charge in [-0.25, -0.2) is 4.39 Å². The van der Waals surface area contributed by atoms with Crippen molar-refractivity contribution in [1.82, 2.24) is 10.5 Å². The maximum absolute atomic E-state index is 12.8. The summed E-state index contributed by atoms with van der Waals surface area (Å²) in [6.45, 7) is 6.59. The molecule has 1 N–H and O–H groups in total. The maximum Gasteiger partial charge on any atom is 0.138 e. The molecule has 0 radical (unpaired) electrons. The van der Waals surface area contributed by atoms with Crippen molar-refractivity contribution in [2.24, 2.45) is 0 Å². The summed E-state index contributed by atoms with van der Waals surface area (Å²) in [7, 11) is 0. The van der Waals surface area contributed by atoms with Crippen LogP contribution in [-0.4, -0.2) is 5.16 Å². The topological polar surface area (TPSA) is 38.1 Å². The second kappa shape index (κ2) is 5.31. The average molecular weight is 248 g/mol. The quantitative estimate of drug-likeness (QED) is 0.902. The fraction of sp³-hybridized carbons (Fsp3) is 0.357. The lowest BCUT2D eigenvalue weighted by molar-refractivity contribution is 0.390. The smallest absolute Gasteiger partial charge is 0.138 e. The molecular formula is C14H17FN2O. The summed E-state index contributed by atoms with van der Waals surface area (Å²) in [5, 5.41) is 7.32. The molecule has 0 aliphatic rings. The molecule has 0 bridgehead atoms. The molecule has 1 atom stereocenters. The highest BCUT2D eigenvalue weighted by atomic mass is 19.1. The zero-order chi connectivity index (χ0) is 13.1. The van der Waals surface area contributed by atoms with Crippen LogP contribution in [0, 0.1) is 19.7 Å². The van der Waals surface area contributed by atoms with Crippen LogP contribution in [0.2, 0.25) is 0 Å². The molecule has 4 heteroatoms. The molecule has 0 saturated heterocycles. The van der Waals surface area contributed by atoms with Crippen LogP contribution in [0.3, 0.4) is 0 Å². The maximum atomic E-state index is 12.8. The van der Waals surface area contributed by atoms with E-state index in [9.17, 15) is 4.39 Å². The zero-order valence-electron chi connectivity index (χ0n) is 10.8. The van der Waals surface area contributed by atoms with Crippen LogP contribution in [0.4, 0.5) is 4.39 Å². The van der Waals surface area contributed by atoms with Crippen molar-refractivity contribution in [2.75, 3.05) is 0 Å². The van der Waals surface area contributed by atoms with Crippen molar-refractivity contribution < 1.29 is 8.91 Å². The summed E-state index contributed by atoms with van der Waals surface area (Å²) in [4.78, 5) is 0. The number of aryl methyl sites for hydroxylation is 2. The number of hydrogen-bond acceptors (Lipinski definition) is 3. The summed E-state index contributed by atoms with van der Waals surface area (Å²) in [6.07, 6.45) is 0. The van der Waals surface area contributed by atoms with Crippen LogP contribution < -0.4 is 5.32 Å². The Morgan fingerprint density at radius 2 is 1.94 bits per heavy atom. The Hall–Kier alpha value is -1.68. The van der Waals surface area contributed by atoms with Gasteiger partial charge in [0.1, 0.15) is 11.6 Å². The van der Waals surface area contributed by atoms with Crippen molar-refractivity contribution in [3.05, 3.63) is 52.7 Å². The van der Waals surface area contributed by atoms with Crippen molar-refractivity contribution >= 4 is 0 Å². The van der Waals surface area contributed by atoms with Crippen molar-refractivity contribution in [3.8, 4) is 0 Å². The van der Waals surface area contributed by atoms with Gasteiger partial charge in [-0.15, -0.1) is 0 Å². The van der Waals surface area contributed by atoms with Gasteiger partial charge in [0.25, 0.3) is 0 Å². The fourth-order valence-corrected chi connectivity index (χ4v) is 2.08. The van der Waals surface area contributed by atoms with Crippen LogP contribution in [0.5, 0.6) is 0 Å². The third-order valence-electron chi connectivity index (χ3n) is 3.05. The molecule has 18 heavy (non-hydrogen) atoms. The molecule has 1 aromatic heterocycles. The predicted molar refractivity (Wildman–Crippen MR) is 67.6 cm³/mol. The first-order valence-electron chi connectivity index (χ1n) is 5.98. The van der Waals surface area contributed by atoms with Crippen molar-refractivity contribution in [2.45, 2.75) is 33.4 Å². The van der Waals surface area contributed by atoms with E-state index in [1.54, 1.807) is 12.1 Å². The minimum atomic E-state index is -0.211. The van der Waals surface area contributed by atoms with Gasteiger partial charge in [-0.3, -0.25) is 0 Å². The van der Waals surface area contributed by atoms with Gasteiger partial charge in [-0.05, 0) is 38.5 Å². The first kappa shape index (κ1) is 12.8. The summed E-state index contributed by atoms with van der Waals surface area (Å²) >= 11 is 0. The number of aromatic nitrogens is 1. The van der Waals surface area contributed by atoms with E-state index in [1.165, 1.54) is 12.1 Å². The fourth-order valence-electron chi connectivity index (χ4n) is 2.08. The molecule has 0 aliphatic heterocycles. The van der Waals surface area contributed by atoms with Gasteiger partial charge in [0.15, 0.2) is 0 Å². The summed E-state index contributed by atoms with van der Waals surface area (Å²) in [5.74, 6) is 0.629. The van der Waals surface area contributed by atoms with Crippen LogP contribution in [0.1, 0.15) is 35.5 Å². The number of hydrogen-bond donors (Lipinski definition) is 1. The van der Waals surface area contributed by atoms with Gasteiger partial charge >= 0.3 is 0 Å². The van der Waals surface area contributed by atoms with E-state index < -0.39 is 0 Å². The number of halogens is 1. The number of nitrogens with zero attached hydrogens (tertiary/aromatic N) is 1. The van der Waals surface area contributed by atoms with E-state index in [4.69, 9.17) is 4.52 Å². The number of nitrogens with one attached hydrogen (secondary N) is 1. The van der Waals surface area contributed by atoms with Crippen LogP contribution >= 0.6 is 0 Å². The van der Waals surface area contributed by atoms with E-state index in [-0.39, 0.29) is 11.9 Å². The van der Waals surface area contributed by atoms with Crippen molar-refractivity contribution in [3.63, 3.8) is 0 Å². The zero-order valence-corrected chi connectivity index (χ0v) is 10.8. The minimum absolute atomic E-state index is 0.154. The molecule has 96 valence electrons. The molecular weight excluding hydrogens is 231 g/mol. The summed E-state index contributed by atoms with van der Waals surface area (Å²) < 4.78 is 17.9. The highest BCUT2D eigenvalue weighted by Gasteiger charge is 2.15. The SMILES string of the molecule is Cc1noc(C)c1C(C)NCc1ccc(F)cc1. The molecule has 2 aromatic rings. The second-order valence-corrected chi connectivity index (χ2v) is 4.47. The Morgan fingerprint density at radius 3 is 2.50 bits per heavy atom. The molecule has 0 saturated carbocycles. The van der Waals surface area contributed by atoms with E-state index in [0.29, 0.717) is 6.54 Å². The average Bonchev–Trinajstić information content (AvgIpc) is 2.68. The number of benzene rings is 1. The van der Waals surface area contributed by atoms with Gasteiger partial charge in [0, 0.05) is 18.2 Å². The van der Waals surface area contributed by atoms with Crippen LogP contribution in [0.25, 0.3) is 0 Å². The van der Waals surface area contributed by atoms with E-state index in [1.807, 2.05) is 13.8 Å². The van der Waals surface area contributed by atoms with E-state index in [0.717, 1.165) is 22.6 Å². The lowest BCUT2D eigenvalue weighted by Gasteiger charge is -2.13. The molecule has 1 heterocycles. The molecule has 1 unspecified atom stereocenters. The highest BCUT2D eigenvalue weighted by Crippen LogP contribution is 2.21. The third kappa shape index (κ3) is 2.76. The monoisotopic (exact) mass is 248 g/mol. The van der Waals surface area contributed by atoms with E-state index >= 15 is 0 Å². The first-order chi connectivity index (χ1) is 8.58.